The molecule has 4 heteroatoms. The van der Waals surface area contributed by atoms with Crippen molar-refractivity contribution in [2.24, 2.45) is 39.6 Å². The van der Waals surface area contributed by atoms with E-state index >= 15 is 0 Å². The molecular formula is C55H84N4. The molecule has 5 unspecified atom stereocenters. The van der Waals surface area contributed by atoms with E-state index in [0.29, 0.717) is 23.7 Å². The van der Waals surface area contributed by atoms with E-state index in [1.165, 1.54) is 99.6 Å². The number of aliphatic imine (C=N–C) groups is 2. The van der Waals surface area contributed by atoms with Gasteiger partial charge in [0, 0.05) is 36.1 Å². The van der Waals surface area contributed by atoms with Crippen LogP contribution in [0.15, 0.2) is 118 Å². The summed E-state index contributed by atoms with van der Waals surface area (Å²) in [6, 6.07) is 0.411. The average molecular weight is 801 g/mol. The molecule has 0 bridgehead atoms. The first-order chi connectivity index (χ1) is 28.9. The molecule has 0 aromatic heterocycles. The molecular weight excluding hydrogens is 717 g/mol. The maximum atomic E-state index is 8.89. The number of hydrogen-bond acceptors (Lipinski definition) is 4. The van der Waals surface area contributed by atoms with Gasteiger partial charge in [0.2, 0.25) is 0 Å². The lowest BCUT2D eigenvalue weighted by Gasteiger charge is -2.40. The fourth-order valence-corrected chi connectivity index (χ4v) is 9.82. The Kier molecular flexibility index (Phi) is 23.1. The van der Waals surface area contributed by atoms with Gasteiger partial charge in [-0.3, -0.25) is 15.3 Å². The SMILES string of the molecule is C=CC/C=C\[C@H](CC/N=C/C(/C=C/C1CC=C[C@@H](C2=C3CCCCC3C(CCC(CC)C/C=C\C)C(CC)=N2)N1)=C/C(C=CC)CC)CCC(=N)C1=CCCCCCC1. The third-order valence-corrected chi connectivity index (χ3v) is 13.5. The molecule has 1 fully saturated rings. The lowest BCUT2D eigenvalue weighted by atomic mass is 9.68. The van der Waals surface area contributed by atoms with Crippen LogP contribution < -0.4 is 5.32 Å². The predicted octanol–water partition coefficient (Wildman–Crippen LogP) is 15.3. The van der Waals surface area contributed by atoms with Gasteiger partial charge in [-0.2, -0.15) is 0 Å². The third-order valence-electron chi connectivity index (χ3n) is 13.5. The van der Waals surface area contributed by atoms with E-state index in [4.69, 9.17) is 15.4 Å². The van der Waals surface area contributed by atoms with Gasteiger partial charge in [-0.05, 0) is 163 Å². The van der Waals surface area contributed by atoms with Crippen molar-refractivity contribution in [3.63, 3.8) is 0 Å². The first-order valence-electron chi connectivity index (χ1n) is 24.4. The van der Waals surface area contributed by atoms with Crippen molar-refractivity contribution in [3.05, 3.63) is 108 Å². The first-order valence-corrected chi connectivity index (χ1v) is 24.4. The second-order valence-corrected chi connectivity index (χ2v) is 17.8. The van der Waals surface area contributed by atoms with Crippen molar-refractivity contribution in [2.75, 3.05) is 6.54 Å². The highest BCUT2D eigenvalue weighted by atomic mass is 15.0. The summed E-state index contributed by atoms with van der Waals surface area (Å²) in [5.41, 5.74) is 7.77. The minimum Gasteiger partial charge on any atom is -0.305 e. The molecule has 2 heterocycles. The Labute approximate surface area is 362 Å². The molecule has 0 radical (unpaired) electrons. The molecule has 59 heavy (non-hydrogen) atoms. The summed E-state index contributed by atoms with van der Waals surface area (Å²) in [7, 11) is 0. The van der Waals surface area contributed by atoms with E-state index in [0.717, 1.165) is 76.0 Å². The van der Waals surface area contributed by atoms with Crippen molar-refractivity contribution in [3.8, 4) is 0 Å². The Balaban J connectivity index is 1.45. The molecule has 2 aliphatic carbocycles. The maximum Gasteiger partial charge on any atom is 0.0685 e. The standard InChI is InChI=1S/C55H84N4/c1-7-13-18-26-45(35-38-52(56)47-27-19-16-15-17-20-28-47)39-40-57-42-46(41-44(11-5)24-9-3)33-36-48-29-23-32-54(58-48)55-51-31-22-21-30-49(51)50(53(12-6)59-55)37-34-43(10-4)25-14-8-2/h7-9,14,18,23-24,26-27,32-33,36,41-45,48-50,54,56,58H,1,10-13,15-17,19-22,25,28-31,34-35,37-40H2,2-6H3/b14-8-,24-9?,26-18-,36-33+,46-41+,47-27?,56-52?,57-42+/t43?,44?,45-,48?,49?,50?,54-/m0/s1. The van der Waals surface area contributed by atoms with E-state index in [-0.39, 0.29) is 12.1 Å². The van der Waals surface area contributed by atoms with E-state index in [1.54, 1.807) is 5.57 Å². The average Bonchev–Trinajstić information content (AvgIpc) is 3.25. The number of fused-ring (bicyclic) bond motifs is 1. The van der Waals surface area contributed by atoms with Gasteiger partial charge in [0.1, 0.15) is 0 Å². The largest absolute Gasteiger partial charge is 0.305 e. The maximum absolute atomic E-state index is 8.89. The molecule has 1 saturated carbocycles. The first kappa shape index (κ1) is 48.3. The quantitative estimate of drug-likeness (QED) is 0.0570. The minimum atomic E-state index is 0.165. The van der Waals surface area contributed by atoms with Crippen LogP contribution in [-0.4, -0.2) is 36.3 Å². The van der Waals surface area contributed by atoms with Crippen LogP contribution in [0, 0.1) is 35.0 Å². The Morgan fingerprint density at radius 1 is 0.983 bits per heavy atom. The molecule has 0 aromatic rings. The Bertz CT molecular complexity index is 1590. The predicted molar refractivity (Wildman–Crippen MR) is 261 cm³/mol. The highest BCUT2D eigenvalue weighted by Gasteiger charge is 2.37. The Morgan fingerprint density at radius 2 is 1.83 bits per heavy atom. The fourth-order valence-electron chi connectivity index (χ4n) is 9.82. The summed E-state index contributed by atoms with van der Waals surface area (Å²) in [5.74, 6) is 2.83. The van der Waals surface area contributed by atoms with Gasteiger partial charge < -0.3 is 5.41 Å². The zero-order valence-corrected chi connectivity index (χ0v) is 38.3. The van der Waals surface area contributed by atoms with Crippen LogP contribution in [0.1, 0.15) is 169 Å². The lowest BCUT2D eigenvalue weighted by Crippen LogP contribution is -2.42. The topological polar surface area (TPSA) is 60.6 Å². The molecule has 0 spiro atoms. The molecule has 0 saturated heterocycles. The summed E-state index contributed by atoms with van der Waals surface area (Å²) in [6.45, 7) is 15.9. The van der Waals surface area contributed by atoms with Crippen LogP contribution >= 0.6 is 0 Å². The van der Waals surface area contributed by atoms with Crippen molar-refractivity contribution in [1.29, 1.82) is 5.41 Å². The normalized spacial score (nSPS) is 25.1. The molecule has 324 valence electrons. The number of nitrogens with zero attached hydrogens (tertiary/aromatic N) is 2. The van der Waals surface area contributed by atoms with Gasteiger partial charge in [0.05, 0.1) is 11.7 Å². The molecule has 4 rings (SSSR count). The Hall–Kier alpha value is -3.37. The number of hydrogen-bond donors (Lipinski definition) is 2. The van der Waals surface area contributed by atoms with Crippen LogP contribution in [0.4, 0.5) is 0 Å². The second kappa shape index (κ2) is 28.2. The summed E-state index contributed by atoms with van der Waals surface area (Å²) in [4.78, 5) is 10.6. The minimum absolute atomic E-state index is 0.165. The van der Waals surface area contributed by atoms with Crippen molar-refractivity contribution in [2.45, 2.75) is 182 Å². The second-order valence-electron chi connectivity index (χ2n) is 17.8. The summed E-state index contributed by atoms with van der Waals surface area (Å²) in [6.07, 6.45) is 56.3. The van der Waals surface area contributed by atoms with Crippen LogP contribution in [0.25, 0.3) is 0 Å². The molecule has 2 aliphatic heterocycles. The van der Waals surface area contributed by atoms with Gasteiger partial charge >= 0.3 is 0 Å². The van der Waals surface area contributed by atoms with Crippen molar-refractivity contribution < 1.29 is 0 Å². The number of nitrogens with one attached hydrogen (secondary N) is 2. The highest BCUT2D eigenvalue weighted by molar-refractivity contribution is 5.97. The van der Waals surface area contributed by atoms with Gasteiger partial charge in [-0.25, -0.2) is 0 Å². The summed E-state index contributed by atoms with van der Waals surface area (Å²) in [5, 5.41) is 12.9. The van der Waals surface area contributed by atoms with E-state index < -0.39 is 0 Å². The zero-order valence-electron chi connectivity index (χ0n) is 38.3. The van der Waals surface area contributed by atoms with E-state index in [9.17, 15) is 0 Å². The molecule has 0 amide bonds. The third kappa shape index (κ3) is 16.5. The summed E-state index contributed by atoms with van der Waals surface area (Å²) >= 11 is 0. The number of allylic oxidation sites excluding steroid dienone is 13. The fraction of sp³-hybridized carbons (Fsp3) is 0.618. The van der Waals surface area contributed by atoms with Crippen LogP contribution in [0.2, 0.25) is 0 Å². The van der Waals surface area contributed by atoms with E-state index in [2.05, 4.69) is 126 Å². The van der Waals surface area contributed by atoms with Crippen LogP contribution in [-0.2, 0) is 0 Å². The monoisotopic (exact) mass is 801 g/mol. The van der Waals surface area contributed by atoms with Gasteiger partial charge in [0.25, 0.3) is 0 Å². The van der Waals surface area contributed by atoms with Crippen molar-refractivity contribution in [1.82, 2.24) is 5.32 Å². The van der Waals surface area contributed by atoms with Gasteiger partial charge in [0.15, 0.2) is 0 Å². The molecule has 7 atom stereocenters. The molecule has 4 aliphatic rings. The smallest absolute Gasteiger partial charge is 0.0685 e. The van der Waals surface area contributed by atoms with Gasteiger partial charge in [-0.15, -0.1) is 6.58 Å². The summed E-state index contributed by atoms with van der Waals surface area (Å²) < 4.78 is 0. The lowest BCUT2D eigenvalue weighted by molar-refractivity contribution is 0.321. The van der Waals surface area contributed by atoms with Gasteiger partial charge in [-0.1, -0.05) is 125 Å². The molecule has 2 N–H and O–H groups in total. The molecule has 0 aromatic carbocycles. The van der Waals surface area contributed by atoms with Crippen molar-refractivity contribution >= 4 is 17.6 Å². The zero-order chi connectivity index (χ0) is 42.1. The molecule has 4 nitrogen and oxygen atoms in total. The Morgan fingerprint density at radius 3 is 2.61 bits per heavy atom. The highest BCUT2D eigenvalue weighted by Crippen LogP contribution is 2.44. The van der Waals surface area contributed by atoms with Crippen LogP contribution in [0.3, 0.4) is 0 Å². The van der Waals surface area contributed by atoms with Crippen LogP contribution in [0.5, 0.6) is 0 Å². The number of rotatable bonds is 24. The van der Waals surface area contributed by atoms with E-state index in [1.807, 2.05) is 6.08 Å².